The molecule has 74 valence electrons. The molecule has 0 saturated carbocycles. The third-order valence-corrected chi connectivity index (χ3v) is 1.60. The van der Waals surface area contributed by atoms with Gasteiger partial charge in [-0.3, -0.25) is 0 Å². The first kappa shape index (κ1) is 10.5. The van der Waals surface area contributed by atoms with Crippen LogP contribution in [0.5, 0.6) is 5.75 Å². The lowest BCUT2D eigenvalue weighted by atomic mass is 10.2. The van der Waals surface area contributed by atoms with Crippen molar-refractivity contribution in [2.45, 2.75) is 6.92 Å². The zero-order chi connectivity index (χ0) is 10.6. The van der Waals surface area contributed by atoms with E-state index in [9.17, 15) is 8.78 Å². The minimum Gasteiger partial charge on any atom is -0.489 e. The van der Waals surface area contributed by atoms with Crippen molar-refractivity contribution in [3.05, 3.63) is 29.8 Å². The molecule has 1 rings (SSSR count). The molecule has 0 saturated heterocycles. The number of halogens is 2. The lowest BCUT2D eigenvalue weighted by Crippen LogP contribution is -2.07. The topological polar surface area (TPSA) is 33.0 Å². The molecule has 0 aliphatic heterocycles. The highest BCUT2D eigenvalue weighted by atomic mass is 19.1. The zero-order valence-corrected chi connectivity index (χ0v) is 7.63. The van der Waals surface area contributed by atoms with E-state index in [0.717, 1.165) is 12.1 Å². The van der Waals surface area contributed by atoms with Gasteiger partial charge in [0.05, 0.1) is 12.0 Å². The van der Waals surface area contributed by atoms with Crippen molar-refractivity contribution in [3.63, 3.8) is 0 Å². The van der Waals surface area contributed by atoms with E-state index in [0.29, 0.717) is 0 Å². The Morgan fingerprint density at radius 3 is 2.79 bits per heavy atom. The van der Waals surface area contributed by atoms with Gasteiger partial charge in [-0.1, -0.05) is 0 Å². The minimum atomic E-state index is -0.755. The molecule has 2 nitrogen and oxygen atoms in total. The summed E-state index contributed by atoms with van der Waals surface area (Å²) in [7, 11) is 0. The molecule has 0 heterocycles. The average Bonchev–Trinajstić information content (AvgIpc) is 2.16. The highest BCUT2D eigenvalue weighted by Crippen LogP contribution is 2.18. The van der Waals surface area contributed by atoms with Crippen LogP contribution >= 0.6 is 0 Å². The number of hydrogen-bond donors (Lipinski definition) is 0. The molecule has 1 aromatic carbocycles. The van der Waals surface area contributed by atoms with Crippen molar-refractivity contribution in [1.82, 2.24) is 0 Å². The maximum Gasteiger partial charge on any atom is 0.167 e. The Morgan fingerprint density at radius 1 is 1.50 bits per heavy atom. The van der Waals surface area contributed by atoms with Crippen LogP contribution in [0.25, 0.3) is 0 Å². The Morgan fingerprint density at radius 2 is 2.21 bits per heavy atom. The van der Waals surface area contributed by atoms with Crippen molar-refractivity contribution in [3.8, 4) is 11.8 Å². The Bertz CT molecular complexity index is 360. The predicted octanol–water partition coefficient (Wildman–Crippen LogP) is 2.50. The van der Waals surface area contributed by atoms with Crippen LogP contribution in [-0.4, -0.2) is 6.61 Å². The number of nitrogens with zero attached hydrogens (tertiary/aromatic N) is 1. The lowest BCUT2D eigenvalue weighted by molar-refractivity contribution is 0.274. The van der Waals surface area contributed by atoms with E-state index >= 15 is 0 Å². The van der Waals surface area contributed by atoms with E-state index in [2.05, 4.69) is 0 Å². The van der Waals surface area contributed by atoms with Gasteiger partial charge in [0.2, 0.25) is 0 Å². The molecule has 0 radical (unpaired) electrons. The molecule has 0 amide bonds. The molecule has 0 fully saturated rings. The summed E-state index contributed by atoms with van der Waals surface area (Å²) < 4.78 is 30.4. The summed E-state index contributed by atoms with van der Waals surface area (Å²) in [5.74, 6) is -1.76. The van der Waals surface area contributed by atoms with Gasteiger partial charge >= 0.3 is 0 Å². The van der Waals surface area contributed by atoms with Crippen molar-refractivity contribution < 1.29 is 13.5 Å². The molecule has 0 aromatic heterocycles. The third-order valence-electron chi connectivity index (χ3n) is 1.60. The van der Waals surface area contributed by atoms with Gasteiger partial charge < -0.3 is 4.74 Å². The largest absolute Gasteiger partial charge is 0.489 e. The van der Waals surface area contributed by atoms with E-state index in [-0.39, 0.29) is 18.3 Å². The summed E-state index contributed by atoms with van der Waals surface area (Å²) in [6.07, 6.45) is 0. The minimum absolute atomic E-state index is 0.0338. The predicted molar refractivity (Wildman–Crippen MR) is 46.6 cm³/mol. The SMILES string of the molecule is CC(C#N)COc1ccc(F)cc1F. The number of ether oxygens (including phenoxy) is 1. The van der Waals surface area contributed by atoms with Crippen LogP contribution in [0.2, 0.25) is 0 Å². The lowest BCUT2D eigenvalue weighted by Gasteiger charge is -2.07. The van der Waals surface area contributed by atoms with E-state index in [1.807, 2.05) is 6.07 Å². The zero-order valence-electron chi connectivity index (χ0n) is 7.63. The fraction of sp³-hybridized carbons (Fsp3) is 0.300. The Balaban J connectivity index is 2.64. The highest BCUT2D eigenvalue weighted by molar-refractivity contribution is 5.24. The molecule has 1 aromatic rings. The van der Waals surface area contributed by atoms with Crippen LogP contribution in [0, 0.1) is 28.9 Å². The van der Waals surface area contributed by atoms with Crippen molar-refractivity contribution in [1.29, 1.82) is 5.26 Å². The van der Waals surface area contributed by atoms with E-state index in [4.69, 9.17) is 10.00 Å². The molecule has 1 unspecified atom stereocenters. The van der Waals surface area contributed by atoms with Gasteiger partial charge in [-0.05, 0) is 19.1 Å². The summed E-state index contributed by atoms with van der Waals surface area (Å²) >= 11 is 0. The molecule has 1 atom stereocenters. The quantitative estimate of drug-likeness (QED) is 0.745. The van der Waals surface area contributed by atoms with E-state index < -0.39 is 11.6 Å². The number of hydrogen-bond acceptors (Lipinski definition) is 2. The summed E-state index contributed by atoms with van der Waals surface area (Å²) in [4.78, 5) is 0. The number of rotatable bonds is 3. The van der Waals surface area contributed by atoms with Gasteiger partial charge in [0, 0.05) is 6.07 Å². The van der Waals surface area contributed by atoms with Gasteiger partial charge in [0.1, 0.15) is 12.4 Å². The maximum absolute atomic E-state index is 13.0. The second-order valence-corrected chi connectivity index (χ2v) is 2.92. The van der Waals surface area contributed by atoms with Gasteiger partial charge in [0.25, 0.3) is 0 Å². The van der Waals surface area contributed by atoms with Gasteiger partial charge in [0.15, 0.2) is 11.6 Å². The first-order valence-corrected chi connectivity index (χ1v) is 4.11. The van der Waals surface area contributed by atoms with Gasteiger partial charge in [-0.25, -0.2) is 8.78 Å². The summed E-state index contributed by atoms with van der Waals surface area (Å²) in [5.41, 5.74) is 0. The van der Waals surface area contributed by atoms with Crippen molar-refractivity contribution in [2.75, 3.05) is 6.61 Å². The van der Waals surface area contributed by atoms with E-state index in [1.54, 1.807) is 6.92 Å². The molecular weight excluding hydrogens is 188 g/mol. The molecule has 0 bridgehead atoms. The molecule has 0 aliphatic carbocycles. The van der Waals surface area contributed by atoms with Crippen LogP contribution in [0.3, 0.4) is 0 Å². The monoisotopic (exact) mass is 197 g/mol. The summed E-state index contributed by atoms with van der Waals surface area (Å²) in [5, 5.41) is 8.44. The van der Waals surface area contributed by atoms with Crippen molar-refractivity contribution >= 4 is 0 Å². The second-order valence-electron chi connectivity index (χ2n) is 2.92. The normalized spacial score (nSPS) is 11.9. The molecule has 0 N–H and O–H groups in total. The fourth-order valence-corrected chi connectivity index (χ4v) is 0.844. The Hall–Kier alpha value is -1.63. The smallest absolute Gasteiger partial charge is 0.167 e. The fourth-order valence-electron chi connectivity index (χ4n) is 0.844. The third kappa shape index (κ3) is 2.70. The number of nitriles is 1. The second kappa shape index (κ2) is 4.56. The summed E-state index contributed by atoms with van der Waals surface area (Å²) in [6.45, 7) is 1.75. The number of benzene rings is 1. The standard InChI is InChI=1S/C10H9F2NO/c1-7(5-13)6-14-10-3-2-8(11)4-9(10)12/h2-4,7H,6H2,1H3. The van der Waals surface area contributed by atoms with Crippen LogP contribution in [0.15, 0.2) is 18.2 Å². The van der Waals surface area contributed by atoms with Gasteiger partial charge in [-0.15, -0.1) is 0 Å². The Labute approximate surface area is 80.7 Å². The molecule has 0 aliphatic rings. The van der Waals surface area contributed by atoms with Gasteiger partial charge in [-0.2, -0.15) is 5.26 Å². The van der Waals surface area contributed by atoms with Crippen LogP contribution in [-0.2, 0) is 0 Å². The molecule has 4 heteroatoms. The van der Waals surface area contributed by atoms with Crippen LogP contribution < -0.4 is 4.74 Å². The van der Waals surface area contributed by atoms with E-state index in [1.165, 1.54) is 6.07 Å². The first-order chi connectivity index (χ1) is 6.63. The highest BCUT2D eigenvalue weighted by Gasteiger charge is 2.06. The first-order valence-electron chi connectivity index (χ1n) is 4.11. The Kier molecular flexibility index (Phi) is 3.41. The van der Waals surface area contributed by atoms with Crippen LogP contribution in [0.1, 0.15) is 6.92 Å². The average molecular weight is 197 g/mol. The molecular formula is C10H9F2NO. The maximum atomic E-state index is 13.0. The molecule has 14 heavy (non-hydrogen) atoms. The van der Waals surface area contributed by atoms with Crippen molar-refractivity contribution in [2.24, 2.45) is 5.92 Å². The summed E-state index contributed by atoms with van der Waals surface area (Å²) in [6, 6.07) is 5.00. The molecule has 0 spiro atoms. The van der Waals surface area contributed by atoms with Crippen LogP contribution in [0.4, 0.5) is 8.78 Å².